The highest BCUT2D eigenvalue weighted by Crippen LogP contribution is 2.41. The Bertz CT molecular complexity index is 1120. The van der Waals surface area contributed by atoms with Gasteiger partial charge in [0.15, 0.2) is 11.5 Å². The van der Waals surface area contributed by atoms with Crippen LogP contribution in [0, 0.1) is 0 Å². The van der Waals surface area contributed by atoms with E-state index in [0.717, 1.165) is 16.6 Å². The van der Waals surface area contributed by atoms with Crippen molar-refractivity contribution in [3.63, 3.8) is 0 Å². The molecule has 0 saturated heterocycles. The van der Waals surface area contributed by atoms with Gasteiger partial charge in [0, 0.05) is 35.8 Å². The first-order valence-electron chi connectivity index (χ1n) is 9.12. The number of anilines is 1. The predicted octanol–water partition coefficient (Wildman–Crippen LogP) is 2.20. The second kappa shape index (κ2) is 13.6. The smallest absolute Gasteiger partial charge is 0.466 e. The van der Waals surface area contributed by atoms with E-state index in [1.165, 1.54) is 0 Å². The van der Waals surface area contributed by atoms with Crippen molar-refractivity contribution in [3.8, 4) is 17.2 Å². The molecule has 1 heterocycles. The summed E-state index contributed by atoms with van der Waals surface area (Å²) in [6.45, 7) is 1.17. The average molecular weight is 540 g/mol. The molecule has 3 rings (SSSR count). The summed E-state index contributed by atoms with van der Waals surface area (Å²) in [7, 11) is -7.67. The Morgan fingerprint density at radius 2 is 1.59 bits per heavy atom. The van der Waals surface area contributed by atoms with E-state index < -0.39 is 15.6 Å². The number of hydrogen-bond acceptors (Lipinski definition) is 7. The van der Waals surface area contributed by atoms with Gasteiger partial charge in [0.05, 0.1) is 18.3 Å². The van der Waals surface area contributed by atoms with E-state index in [1.807, 2.05) is 30.3 Å². The van der Waals surface area contributed by atoms with Crippen molar-refractivity contribution < 1.29 is 48.0 Å². The van der Waals surface area contributed by atoms with Crippen LogP contribution in [0.4, 0.5) is 5.69 Å². The van der Waals surface area contributed by atoms with Crippen molar-refractivity contribution in [2.24, 2.45) is 5.73 Å². The Hall–Kier alpha value is -2.28. The molecule has 0 fully saturated rings. The van der Waals surface area contributed by atoms with Crippen molar-refractivity contribution in [1.29, 1.82) is 0 Å². The molecule has 16 heteroatoms. The van der Waals surface area contributed by atoms with Gasteiger partial charge >= 0.3 is 15.6 Å². The number of benzene rings is 2. The molecule has 0 aliphatic carbocycles. The lowest BCUT2D eigenvalue weighted by molar-refractivity contribution is 0.272. The molecule has 0 spiro atoms. The van der Waals surface area contributed by atoms with Gasteiger partial charge in [0.25, 0.3) is 0 Å². The Labute approximate surface area is 199 Å². The van der Waals surface area contributed by atoms with Crippen molar-refractivity contribution in [3.05, 3.63) is 53.7 Å². The molecule has 3 aromatic rings. The van der Waals surface area contributed by atoms with Gasteiger partial charge in [-0.1, -0.05) is 11.6 Å². The molecule has 0 amide bonds. The molecule has 34 heavy (non-hydrogen) atoms. The highest BCUT2D eigenvalue weighted by molar-refractivity contribution is 7.45. The predicted molar refractivity (Wildman–Crippen MR) is 126 cm³/mol. The van der Waals surface area contributed by atoms with Crippen LogP contribution in [0.3, 0.4) is 0 Å². The number of aromatic nitrogens is 1. The summed E-state index contributed by atoms with van der Waals surface area (Å²) in [5, 5.41) is 4.78. The van der Waals surface area contributed by atoms with Crippen LogP contribution in [0.15, 0.2) is 48.7 Å². The molecule has 0 radical (unpaired) electrons. The summed E-state index contributed by atoms with van der Waals surface area (Å²) in [5.74, 6) is 1.90. The van der Waals surface area contributed by atoms with Crippen molar-refractivity contribution in [2.75, 3.05) is 25.5 Å². The first-order chi connectivity index (χ1) is 15.7. The van der Waals surface area contributed by atoms with Crippen LogP contribution in [0.5, 0.6) is 17.2 Å². The number of nitrogens with two attached hydrogens (primary N) is 1. The third-order valence-electron chi connectivity index (χ3n) is 3.52. The van der Waals surface area contributed by atoms with Crippen LogP contribution in [-0.4, -0.2) is 54.5 Å². The largest absolute Gasteiger partial charge is 0.493 e. The van der Waals surface area contributed by atoms with Crippen molar-refractivity contribution >= 4 is 43.8 Å². The van der Waals surface area contributed by atoms with Gasteiger partial charge in [-0.2, -0.15) is 0 Å². The summed E-state index contributed by atoms with van der Waals surface area (Å²) in [5.41, 5.74) is 7.24. The first-order valence-corrected chi connectivity index (χ1v) is 12.6. The zero-order valence-electron chi connectivity index (χ0n) is 17.6. The number of ether oxygens (including phenoxy) is 2. The number of phosphoric acid groups is 2. The first kappa shape index (κ1) is 29.8. The second-order valence-corrected chi connectivity index (χ2v) is 8.64. The van der Waals surface area contributed by atoms with E-state index in [0.29, 0.717) is 35.4 Å². The fourth-order valence-electron chi connectivity index (χ4n) is 2.42. The van der Waals surface area contributed by atoms with E-state index in [4.69, 9.17) is 65.3 Å². The Morgan fingerprint density at radius 1 is 1.03 bits per heavy atom. The van der Waals surface area contributed by atoms with Gasteiger partial charge in [0.2, 0.25) is 0 Å². The molecule has 0 saturated carbocycles. The summed E-state index contributed by atoms with van der Waals surface area (Å²) in [6.07, 6.45) is 1.74. The van der Waals surface area contributed by atoms with Gasteiger partial charge in [0.1, 0.15) is 5.75 Å². The van der Waals surface area contributed by atoms with Crippen LogP contribution in [-0.2, 0) is 9.13 Å². The lowest BCUT2D eigenvalue weighted by Crippen LogP contribution is -2.13. The van der Waals surface area contributed by atoms with E-state index in [9.17, 15) is 0 Å². The number of pyridine rings is 1. The summed E-state index contributed by atoms with van der Waals surface area (Å²) >= 11 is 5.93. The molecule has 0 bridgehead atoms. The number of rotatable bonds is 6. The molecule has 1 aromatic heterocycles. The number of halogens is 1. The minimum Gasteiger partial charge on any atom is -0.493 e. The third-order valence-corrected chi connectivity index (χ3v) is 3.77. The molecular weight excluding hydrogens is 516 g/mol. The van der Waals surface area contributed by atoms with Crippen LogP contribution in [0.1, 0.15) is 0 Å². The maximum atomic E-state index is 8.88. The molecule has 9 N–H and O–H groups in total. The maximum absolute atomic E-state index is 8.88. The average Bonchev–Trinajstić information content (AvgIpc) is 2.72. The molecule has 0 atom stereocenters. The molecule has 0 aliphatic heterocycles. The minimum absolute atomic E-state index is 0.527. The monoisotopic (exact) mass is 539 g/mol. The molecule has 13 nitrogen and oxygen atoms in total. The minimum atomic E-state index is -4.64. The van der Waals surface area contributed by atoms with E-state index in [2.05, 4.69) is 10.3 Å². The Kier molecular flexibility index (Phi) is 11.9. The zero-order chi connectivity index (χ0) is 25.9. The normalized spacial score (nSPS) is 11.0. The highest BCUT2D eigenvalue weighted by Gasteiger charge is 2.16. The Morgan fingerprint density at radius 3 is 2.09 bits per heavy atom. The van der Waals surface area contributed by atoms with Crippen molar-refractivity contribution in [1.82, 2.24) is 4.98 Å². The highest BCUT2D eigenvalue weighted by atomic mass is 35.5. The lowest BCUT2D eigenvalue weighted by Gasteiger charge is -2.16. The van der Waals surface area contributed by atoms with Gasteiger partial charge in [-0.15, -0.1) is 0 Å². The molecule has 2 aromatic carbocycles. The second-order valence-electron chi connectivity index (χ2n) is 6.15. The molecule has 0 aliphatic rings. The van der Waals surface area contributed by atoms with Crippen molar-refractivity contribution in [2.45, 2.75) is 0 Å². The quantitative estimate of drug-likeness (QED) is 0.210. The van der Waals surface area contributed by atoms with Gasteiger partial charge < -0.3 is 49.9 Å². The van der Waals surface area contributed by atoms with Gasteiger partial charge in [-0.25, -0.2) is 9.13 Å². The zero-order valence-corrected chi connectivity index (χ0v) is 20.2. The summed E-state index contributed by atoms with van der Waals surface area (Å²) < 4.78 is 29.3. The lowest BCUT2D eigenvalue weighted by atomic mass is 10.1. The van der Waals surface area contributed by atoms with Gasteiger partial charge in [-0.05, 0) is 36.4 Å². The van der Waals surface area contributed by atoms with Crippen LogP contribution in [0.2, 0.25) is 5.02 Å². The van der Waals surface area contributed by atoms with E-state index >= 15 is 0 Å². The number of methoxy groups -OCH3 is 1. The standard InChI is InChI=1S/C18H18ClN3O2.2H3O4P/c1-23-16-11-15(21-10-8-20)17-14(3-2-9-22-17)18(16)24-13-6-4-12(19)5-7-13;2*1-5(2,3)4/h2-7,9,11,21H,8,10,20H2,1H3;2*(H3,1,2,3,4). The fraction of sp³-hybridized carbons (Fsp3) is 0.167. The number of hydrogen-bond donors (Lipinski definition) is 8. The maximum Gasteiger partial charge on any atom is 0.466 e. The summed E-state index contributed by atoms with van der Waals surface area (Å²) in [6, 6.07) is 12.9. The molecular formula is C18H24ClN3O10P2. The van der Waals surface area contributed by atoms with Crippen LogP contribution < -0.4 is 20.5 Å². The van der Waals surface area contributed by atoms with E-state index in [-0.39, 0.29) is 0 Å². The SMILES string of the molecule is COc1cc(NCCN)c2ncccc2c1Oc1ccc(Cl)cc1.O=P(O)(O)O.O=P(O)(O)O. The molecule has 0 unspecified atom stereocenters. The molecule has 188 valence electrons. The van der Waals surface area contributed by atoms with Gasteiger partial charge in [-0.3, -0.25) is 4.98 Å². The number of nitrogens with zero attached hydrogens (tertiary/aromatic N) is 1. The number of fused-ring (bicyclic) bond motifs is 1. The Balaban J connectivity index is 0.000000489. The number of nitrogens with one attached hydrogen (secondary N) is 1. The fourth-order valence-corrected chi connectivity index (χ4v) is 2.55. The topological polar surface area (TPSA) is 225 Å². The summed E-state index contributed by atoms with van der Waals surface area (Å²) in [4.78, 5) is 47.6. The van der Waals surface area contributed by atoms with Crippen LogP contribution in [0.25, 0.3) is 10.9 Å². The third kappa shape index (κ3) is 12.3. The van der Waals surface area contributed by atoms with E-state index in [1.54, 1.807) is 25.4 Å². The van der Waals surface area contributed by atoms with Crippen LogP contribution >= 0.6 is 27.2 Å².